The molecule has 0 bridgehead atoms. The number of amides is 1. The van der Waals surface area contributed by atoms with Crippen molar-refractivity contribution in [3.8, 4) is 0 Å². The topological polar surface area (TPSA) is 115 Å². The highest BCUT2D eigenvalue weighted by Gasteiger charge is 2.37. The number of aliphatic hydroxyl groups excluding tert-OH is 2. The van der Waals surface area contributed by atoms with Crippen LogP contribution in [0, 0.1) is 0 Å². The maximum Gasteiger partial charge on any atom is 0.276 e. The van der Waals surface area contributed by atoms with Crippen LogP contribution in [0.1, 0.15) is 117 Å². The summed E-state index contributed by atoms with van der Waals surface area (Å²) in [7, 11) is -4.61. The summed E-state index contributed by atoms with van der Waals surface area (Å²) >= 11 is 0. The van der Waals surface area contributed by atoms with Crippen LogP contribution in [-0.2, 0) is 14.9 Å². The summed E-state index contributed by atoms with van der Waals surface area (Å²) < 4.78 is 32.7. The fourth-order valence-corrected chi connectivity index (χ4v) is 4.61. The second-order valence-corrected chi connectivity index (χ2v) is 10.00. The minimum Gasteiger partial charge on any atom is -0.374 e. The van der Waals surface area contributed by atoms with Crippen molar-refractivity contribution in [2.75, 3.05) is 0 Å². The van der Waals surface area contributed by atoms with Crippen LogP contribution in [0.15, 0.2) is 0 Å². The highest BCUT2D eigenvalue weighted by atomic mass is 32.2. The molecule has 0 aromatic rings. The van der Waals surface area contributed by atoms with Crippen LogP contribution >= 0.6 is 0 Å². The van der Waals surface area contributed by atoms with Crippen LogP contribution in [-0.4, -0.2) is 51.7 Å². The van der Waals surface area contributed by atoms with Crippen LogP contribution in [0.25, 0.3) is 0 Å². The number of rotatable bonds is 19. The minimum atomic E-state index is -4.61. The van der Waals surface area contributed by atoms with Gasteiger partial charge >= 0.3 is 0 Å². The van der Waals surface area contributed by atoms with Crippen molar-refractivity contribution in [3.63, 3.8) is 0 Å². The molecule has 3 N–H and O–H groups in total. The van der Waals surface area contributed by atoms with Crippen molar-refractivity contribution >= 4 is 16.0 Å². The Balaban J connectivity index is 4.00. The number of hydrogen-bond acceptors (Lipinski definition) is 5. The summed E-state index contributed by atoms with van der Waals surface area (Å²) in [4.78, 5) is 13.1. The third kappa shape index (κ3) is 13.6. The van der Waals surface area contributed by atoms with Gasteiger partial charge in [-0.25, -0.2) is 0 Å². The van der Waals surface area contributed by atoms with Gasteiger partial charge in [0, 0.05) is 0 Å². The Labute approximate surface area is 184 Å². The van der Waals surface area contributed by atoms with Gasteiger partial charge in [0.05, 0.1) is 0 Å². The maximum absolute atomic E-state index is 12.4. The number of nitrogens with zero attached hydrogens (tertiary/aromatic N) is 1. The molecule has 180 valence electrons. The van der Waals surface area contributed by atoms with E-state index in [1.807, 2.05) is 0 Å². The first-order chi connectivity index (χ1) is 14.1. The number of carbonyl (C=O) groups is 1. The van der Waals surface area contributed by atoms with Gasteiger partial charge in [-0.3, -0.25) is 14.2 Å². The molecule has 0 fully saturated rings. The fourth-order valence-electron chi connectivity index (χ4n) is 3.77. The minimum absolute atomic E-state index is 0.0222. The lowest BCUT2D eigenvalue weighted by atomic mass is 10.0. The predicted molar refractivity (Wildman–Crippen MR) is 120 cm³/mol. The van der Waals surface area contributed by atoms with E-state index in [4.69, 9.17) is 0 Å². The molecule has 0 rings (SSSR count). The Kier molecular flexibility index (Phi) is 16.5. The first-order valence-electron chi connectivity index (χ1n) is 11.8. The molecule has 3 unspecified atom stereocenters. The molecular formula is C22H45NO6S. The number of hydrogen-bond donors (Lipinski definition) is 3. The molecule has 30 heavy (non-hydrogen) atoms. The van der Waals surface area contributed by atoms with E-state index < -0.39 is 33.7 Å². The lowest BCUT2D eigenvalue weighted by Gasteiger charge is -2.30. The molecule has 0 spiro atoms. The van der Waals surface area contributed by atoms with E-state index in [2.05, 4.69) is 6.92 Å². The Morgan fingerprint density at radius 3 is 1.37 bits per heavy atom. The molecule has 7 nitrogen and oxygen atoms in total. The standard InChI is InChI=1S/C22H45NO6S/c1-4-5-6-7-8-9-10-11-12-13-14-15-16-17-18-21(30(27,28)29)22(26)23(19(2)24)20(3)25/h19-21,24-25H,4-18H2,1-3H3,(H,27,28,29). The second kappa shape index (κ2) is 16.9. The number of unbranched alkanes of at least 4 members (excludes halogenated alkanes) is 13. The summed E-state index contributed by atoms with van der Waals surface area (Å²) in [6.07, 6.45) is 13.5. The van der Waals surface area contributed by atoms with Crippen molar-refractivity contribution in [2.24, 2.45) is 0 Å². The van der Waals surface area contributed by atoms with Crippen LogP contribution in [0.4, 0.5) is 0 Å². The zero-order valence-electron chi connectivity index (χ0n) is 19.3. The molecule has 0 aliphatic rings. The van der Waals surface area contributed by atoms with Crippen LogP contribution in [0.2, 0.25) is 0 Å². The largest absolute Gasteiger partial charge is 0.374 e. The summed E-state index contributed by atoms with van der Waals surface area (Å²) in [5.74, 6) is -0.975. The third-order valence-corrected chi connectivity index (χ3v) is 6.67. The molecule has 1 amide bonds. The Bertz CT molecular complexity index is 528. The smallest absolute Gasteiger partial charge is 0.276 e. The van der Waals surface area contributed by atoms with Crippen molar-refractivity contribution < 1.29 is 28.0 Å². The van der Waals surface area contributed by atoms with Crippen LogP contribution in [0.3, 0.4) is 0 Å². The highest BCUT2D eigenvalue weighted by Crippen LogP contribution is 2.18. The summed E-state index contributed by atoms with van der Waals surface area (Å²) in [5, 5.41) is 17.6. The van der Waals surface area contributed by atoms with E-state index in [9.17, 15) is 28.0 Å². The molecule has 0 heterocycles. The van der Waals surface area contributed by atoms with E-state index in [0.29, 0.717) is 11.3 Å². The zero-order valence-corrected chi connectivity index (χ0v) is 20.1. The first-order valence-corrected chi connectivity index (χ1v) is 13.3. The maximum atomic E-state index is 12.4. The molecule has 0 saturated carbocycles. The van der Waals surface area contributed by atoms with E-state index in [1.54, 1.807) is 0 Å². The molecular weight excluding hydrogens is 406 g/mol. The van der Waals surface area contributed by atoms with Gasteiger partial charge in [0.25, 0.3) is 10.1 Å². The van der Waals surface area contributed by atoms with E-state index in [-0.39, 0.29) is 6.42 Å². The van der Waals surface area contributed by atoms with Gasteiger partial charge < -0.3 is 10.2 Å². The van der Waals surface area contributed by atoms with Crippen molar-refractivity contribution in [1.29, 1.82) is 0 Å². The first kappa shape index (κ1) is 29.3. The van der Waals surface area contributed by atoms with Gasteiger partial charge in [0.15, 0.2) is 5.25 Å². The van der Waals surface area contributed by atoms with Gasteiger partial charge in [-0.1, -0.05) is 96.8 Å². The molecule has 0 aromatic heterocycles. The number of carbonyl (C=O) groups excluding carboxylic acids is 1. The summed E-state index contributed by atoms with van der Waals surface area (Å²) in [6, 6.07) is 0. The predicted octanol–water partition coefficient (Wildman–Crippen LogP) is 4.62. The van der Waals surface area contributed by atoms with E-state index in [1.165, 1.54) is 71.6 Å². The number of aliphatic hydroxyl groups is 2. The lowest BCUT2D eigenvalue weighted by molar-refractivity contribution is -0.155. The average molecular weight is 452 g/mol. The van der Waals surface area contributed by atoms with Crippen molar-refractivity contribution in [3.05, 3.63) is 0 Å². The van der Waals surface area contributed by atoms with Crippen molar-refractivity contribution in [1.82, 2.24) is 4.90 Å². The SMILES string of the molecule is CCCCCCCCCCCCCCCCC(C(=O)N(C(C)O)C(C)O)S(=O)(=O)O. The fraction of sp³-hybridized carbons (Fsp3) is 0.955. The van der Waals surface area contributed by atoms with E-state index >= 15 is 0 Å². The molecule has 0 radical (unpaired) electrons. The third-order valence-electron chi connectivity index (χ3n) is 5.51. The molecule has 8 heteroatoms. The molecule has 0 aliphatic heterocycles. The average Bonchev–Trinajstić information content (AvgIpc) is 2.63. The summed E-state index contributed by atoms with van der Waals surface area (Å²) in [5.41, 5.74) is 0. The van der Waals surface area contributed by atoms with Gasteiger partial charge in [0.2, 0.25) is 5.91 Å². The molecule has 3 atom stereocenters. The Morgan fingerprint density at radius 1 is 0.733 bits per heavy atom. The molecule has 0 saturated heterocycles. The highest BCUT2D eigenvalue weighted by molar-refractivity contribution is 7.87. The lowest BCUT2D eigenvalue weighted by Crippen LogP contribution is -2.51. The summed E-state index contributed by atoms with van der Waals surface area (Å²) in [6.45, 7) is 4.76. The van der Waals surface area contributed by atoms with Gasteiger partial charge in [-0.05, 0) is 20.3 Å². The van der Waals surface area contributed by atoms with Crippen LogP contribution in [0.5, 0.6) is 0 Å². The van der Waals surface area contributed by atoms with Gasteiger partial charge in [-0.15, -0.1) is 0 Å². The Morgan fingerprint density at radius 2 is 1.07 bits per heavy atom. The Hall–Kier alpha value is -0.700. The normalized spacial score (nSPS) is 15.0. The quantitative estimate of drug-likeness (QED) is 0.150. The zero-order chi connectivity index (χ0) is 23.0. The second-order valence-electron chi connectivity index (χ2n) is 8.40. The molecule has 0 aliphatic carbocycles. The van der Waals surface area contributed by atoms with Crippen LogP contribution < -0.4 is 0 Å². The monoisotopic (exact) mass is 451 g/mol. The van der Waals surface area contributed by atoms with E-state index in [0.717, 1.165) is 25.7 Å². The van der Waals surface area contributed by atoms with Gasteiger partial charge in [0.1, 0.15) is 12.5 Å². The van der Waals surface area contributed by atoms with Crippen molar-refractivity contribution in [2.45, 2.75) is 135 Å². The van der Waals surface area contributed by atoms with Gasteiger partial charge in [-0.2, -0.15) is 8.42 Å². The molecule has 0 aromatic carbocycles.